The predicted octanol–water partition coefficient (Wildman–Crippen LogP) is 3.31. The summed E-state index contributed by atoms with van der Waals surface area (Å²) in [6.07, 6.45) is 2.75. The zero-order valence-corrected chi connectivity index (χ0v) is 19.6. The van der Waals surface area contributed by atoms with Gasteiger partial charge in [-0.1, -0.05) is 22.1 Å². The molecule has 1 unspecified atom stereocenters. The normalized spacial score (nSPS) is 30.8. The third kappa shape index (κ3) is 3.93. The van der Waals surface area contributed by atoms with Crippen LogP contribution in [0.5, 0.6) is 0 Å². The summed E-state index contributed by atoms with van der Waals surface area (Å²) in [5.41, 5.74) is 5.13. The number of nitrogens with zero attached hydrogens (tertiary/aromatic N) is 4. The first-order chi connectivity index (χ1) is 15.5. The van der Waals surface area contributed by atoms with Crippen molar-refractivity contribution < 1.29 is 13.7 Å². The zero-order valence-electron chi connectivity index (χ0n) is 18.0. The van der Waals surface area contributed by atoms with Crippen molar-refractivity contribution in [1.82, 2.24) is 14.7 Å². The van der Waals surface area contributed by atoms with E-state index in [1.165, 1.54) is 24.4 Å². The maximum Gasteiger partial charge on any atom is 0.276 e. The molecule has 5 N–H and O–H groups in total. The van der Waals surface area contributed by atoms with Crippen LogP contribution in [0.3, 0.4) is 0 Å². The number of amides is 1. The van der Waals surface area contributed by atoms with Crippen molar-refractivity contribution >= 4 is 39.7 Å². The molecule has 0 saturated carbocycles. The molecule has 12 heteroatoms. The molecule has 0 aliphatic carbocycles. The molecule has 2 aromatic rings. The highest BCUT2D eigenvalue weighted by molar-refractivity contribution is 8.29. The minimum Gasteiger partial charge on any atom is -0.386 e. The number of fused-ring (bicyclic) bond motifs is 1. The monoisotopic (exact) mass is 491 g/mol. The van der Waals surface area contributed by atoms with E-state index in [0.29, 0.717) is 13.0 Å². The van der Waals surface area contributed by atoms with E-state index in [0.717, 1.165) is 6.42 Å². The van der Waals surface area contributed by atoms with Gasteiger partial charge in [0.2, 0.25) is 0 Å². The molecule has 174 valence electrons. The van der Waals surface area contributed by atoms with E-state index in [4.69, 9.17) is 22.6 Å². The lowest BCUT2D eigenvalue weighted by atomic mass is 9.96. The lowest BCUT2D eigenvalue weighted by Crippen LogP contribution is -2.60. The van der Waals surface area contributed by atoms with Gasteiger partial charge in [-0.25, -0.2) is 14.4 Å². The third-order valence-electron chi connectivity index (χ3n) is 6.10. The van der Waals surface area contributed by atoms with Gasteiger partial charge in [0.1, 0.15) is 40.5 Å². The van der Waals surface area contributed by atoms with Gasteiger partial charge in [0, 0.05) is 18.5 Å². The molecule has 2 aliphatic rings. The molecule has 0 radical (unpaired) electrons. The summed E-state index contributed by atoms with van der Waals surface area (Å²) < 4.78 is 28.9. The summed E-state index contributed by atoms with van der Waals surface area (Å²) in [7, 11) is -2.45. The van der Waals surface area contributed by atoms with Gasteiger partial charge in [0.05, 0.1) is 15.3 Å². The second-order valence-electron chi connectivity index (χ2n) is 8.49. The smallest absolute Gasteiger partial charge is 0.276 e. The minimum atomic E-state index is -2.45. The largest absolute Gasteiger partial charge is 0.386 e. The van der Waals surface area contributed by atoms with Crippen LogP contribution in [0.4, 0.5) is 10.2 Å². The Morgan fingerprint density at radius 2 is 2.21 bits per heavy atom. The number of nitriles is 1. The summed E-state index contributed by atoms with van der Waals surface area (Å²) in [4.78, 5) is 25.5. The highest BCUT2D eigenvalue weighted by Gasteiger charge is 2.55. The molecule has 1 fully saturated rings. The molecule has 2 aliphatic heterocycles. The molecule has 0 spiro atoms. The Labute approximate surface area is 196 Å². The number of hydrogen-bond acceptors (Lipinski definition) is 8. The van der Waals surface area contributed by atoms with E-state index in [-0.39, 0.29) is 39.4 Å². The first-order valence-corrected chi connectivity index (χ1v) is 12.3. The van der Waals surface area contributed by atoms with Crippen molar-refractivity contribution in [3.63, 3.8) is 0 Å². The fourth-order valence-corrected chi connectivity index (χ4v) is 7.54. The van der Waals surface area contributed by atoms with Crippen LogP contribution in [-0.4, -0.2) is 43.3 Å². The molecule has 9 nitrogen and oxygen atoms in total. The third-order valence-corrected chi connectivity index (χ3v) is 9.95. The predicted molar refractivity (Wildman–Crippen MR) is 126 cm³/mol. The second kappa shape index (κ2) is 8.22. The van der Waals surface area contributed by atoms with Gasteiger partial charge < -0.3 is 15.6 Å². The van der Waals surface area contributed by atoms with Crippen LogP contribution in [0.2, 0.25) is 5.02 Å². The first-order valence-electron chi connectivity index (χ1n) is 10.2. The molecule has 4 rings (SSSR count). The Morgan fingerprint density at radius 1 is 1.45 bits per heavy atom. The number of aliphatic imine (C=N–C) groups is 1. The van der Waals surface area contributed by atoms with E-state index < -0.39 is 32.5 Å². The molecule has 2 aromatic heterocycles. The van der Waals surface area contributed by atoms with Gasteiger partial charge in [-0.15, -0.1) is 0 Å². The zero-order chi connectivity index (χ0) is 24.0. The molecule has 0 bridgehead atoms. The minimum absolute atomic E-state index is 0.000943. The molecular formula is C21H23ClFN7O2S. The van der Waals surface area contributed by atoms with Crippen LogP contribution in [0.25, 0.3) is 0 Å². The van der Waals surface area contributed by atoms with E-state index in [9.17, 15) is 13.7 Å². The van der Waals surface area contributed by atoms with E-state index >= 15 is 0 Å². The van der Waals surface area contributed by atoms with Gasteiger partial charge in [-0.2, -0.15) is 5.26 Å². The van der Waals surface area contributed by atoms with Crippen molar-refractivity contribution in [2.24, 2.45) is 10.7 Å². The summed E-state index contributed by atoms with van der Waals surface area (Å²) in [5, 5.41) is 11.5. The Morgan fingerprint density at radius 3 is 2.91 bits per heavy atom. The summed E-state index contributed by atoms with van der Waals surface area (Å²) >= 11 is 6.06. The summed E-state index contributed by atoms with van der Waals surface area (Å²) in [5.74, 6) is -0.867. The Hall–Kier alpha value is -2.78. The van der Waals surface area contributed by atoms with Crippen molar-refractivity contribution in [2.75, 3.05) is 17.6 Å². The van der Waals surface area contributed by atoms with E-state index in [1.807, 2.05) is 13.0 Å². The Kier molecular flexibility index (Phi) is 5.82. The summed E-state index contributed by atoms with van der Waals surface area (Å²) in [6.45, 7) is 4.17. The number of carbonyl (C=O) groups excluding carboxylic acids is 1. The molecule has 4 heterocycles. The van der Waals surface area contributed by atoms with E-state index in [2.05, 4.69) is 25.0 Å². The number of pyridine rings is 2. The van der Waals surface area contributed by atoms with Crippen molar-refractivity contribution in [2.45, 2.75) is 37.0 Å². The number of aromatic nitrogens is 2. The van der Waals surface area contributed by atoms with Crippen molar-refractivity contribution in [3.05, 3.63) is 52.2 Å². The molecular weight excluding hydrogens is 469 g/mol. The molecule has 1 amide bonds. The lowest BCUT2D eigenvalue weighted by molar-refractivity contribution is 0.102. The van der Waals surface area contributed by atoms with Crippen LogP contribution in [-0.2, 0) is 5.54 Å². The number of amidine groups is 1. The maximum atomic E-state index is 14.9. The number of halogens is 2. The lowest BCUT2D eigenvalue weighted by Gasteiger charge is -2.57. The fourth-order valence-electron chi connectivity index (χ4n) is 4.18. The molecule has 0 aromatic carbocycles. The highest BCUT2D eigenvalue weighted by Crippen LogP contribution is 2.62. The number of hydrogen-bond donors (Lipinski definition) is 4. The van der Waals surface area contributed by atoms with Gasteiger partial charge in [0.25, 0.3) is 5.91 Å². The maximum absolute atomic E-state index is 14.9. The van der Waals surface area contributed by atoms with Crippen LogP contribution in [0.1, 0.15) is 48.4 Å². The highest BCUT2D eigenvalue weighted by atomic mass is 35.5. The van der Waals surface area contributed by atoms with Gasteiger partial charge in [-0.05, 0) is 44.9 Å². The number of carbonyl (C=O) groups is 1. The molecule has 3 atom stereocenters. The van der Waals surface area contributed by atoms with Crippen LogP contribution in [0.15, 0.2) is 29.4 Å². The average molecular weight is 492 g/mol. The second-order valence-corrected chi connectivity index (χ2v) is 11.8. The topological polar surface area (TPSA) is 149 Å². The van der Waals surface area contributed by atoms with Crippen LogP contribution in [0, 0.1) is 17.1 Å². The van der Waals surface area contributed by atoms with Crippen molar-refractivity contribution in [1.29, 1.82) is 5.26 Å². The Balaban J connectivity index is 1.68. The summed E-state index contributed by atoms with van der Waals surface area (Å²) in [6, 6.07) is 5.69. The fraction of sp³-hybridized carbons (Fsp3) is 0.381. The average Bonchev–Trinajstić information content (AvgIpc) is 2.76. The van der Waals surface area contributed by atoms with Crippen LogP contribution < -0.4 is 15.8 Å². The van der Waals surface area contributed by atoms with Gasteiger partial charge in [0.15, 0.2) is 0 Å². The van der Waals surface area contributed by atoms with Gasteiger partial charge in [-0.3, -0.25) is 14.5 Å². The number of anilines is 1. The van der Waals surface area contributed by atoms with Crippen LogP contribution >= 0.6 is 22.1 Å². The molecule has 33 heavy (non-hydrogen) atoms. The van der Waals surface area contributed by atoms with Crippen molar-refractivity contribution in [3.8, 4) is 6.07 Å². The van der Waals surface area contributed by atoms with Gasteiger partial charge >= 0.3 is 0 Å². The SMILES string of the molecule is C[C@@]1(c2nc(NC(=O)c3ncc(C#N)cc3Cl)ccc2F)CS2(O)NCCC[C@]2(C)C(N)=N1. The quantitative estimate of drug-likeness (QED) is 0.514. The number of rotatable bonds is 3. The first kappa shape index (κ1) is 23.4. The Bertz CT molecular complexity index is 1220. The number of nitrogens with one attached hydrogen (secondary N) is 2. The standard InChI is InChI=1S/C21H23ClFN7O2S/c1-20(11-33(32)21(2,19(25)30-20)6-3-7-27-33)17-14(23)4-5-15(28-17)29-18(31)16-13(22)8-12(9-24)10-26-16/h4-5,8,10,27,32H,3,6-7,11H2,1-2H3,(H2,25,30)(H,28,29,31)/t20-,21+/m0/s1. The van der Waals surface area contributed by atoms with E-state index in [1.54, 1.807) is 6.92 Å². The molecule has 1 saturated heterocycles. The number of nitrogens with two attached hydrogens (primary N) is 1.